The van der Waals surface area contributed by atoms with Gasteiger partial charge in [-0.05, 0) is 50.6 Å². The first kappa shape index (κ1) is 25.4. The summed E-state index contributed by atoms with van der Waals surface area (Å²) in [5.41, 5.74) is 1.47. The Morgan fingerprint density at radius 3 is 2.09 bits per heavy atom. The number of amides is 4. The van der Waals surface area contributed by atoms with Gasteiger partial charge in [-0.1, -0.05) is 35.0 Å². The molecule has 0 aliphatic carbocycles. The molecule has 2 aromatic carbocycles. The van der Waals surface area contributed by atoms with Gasteiger partial charge in [0.1, 0.15) is 5.54 Å². The molecule has 1 aliphatic heterocycles. The predicted octanol–water partition coefficient (Wildman–Crippen LogP) is 3.19. The Hall–Kier alpha value is -4.21. The number of nitrogens with zero attached hydrogens (tertiary/aromatic N) is 3. The average molecular weight is 481 g/mol. The Morgan fingerprint density at radius 1 is 1.03 bits per heavy atom. The molecule has 1 aliphatic rings. The normalized spacial score (nSPS) is 16.4. The Labute approximate surface area is 202 Å². The summed E-state index contributed by atoms with van der Waals surface area (Å²) in [4.78, 5) is 51.6. The number of anilines is 1. The van der Waals surface area contributed by atoms with E-state index in [9.17, 15) is 29.5 Å². The maximum absolute atomic E-state index is 12.6. The number of rotatable bonds is 8. The van der Waals surface area contributed by atoms with Crippen molar-refractivity contribution in [3.8, 4) is 0 Å². The number of hydrogen-bond donors (Lipinski definition) is 3. The third-order valence-corrected chi connectivity index (χ3v) is 6.23. The van der Waals surface area contributed by atoms with Gasteiger partial charge >= 0.3 is 12.0 Å². The molecule has 3 N–H and O–H groups in total. The standard InChI is InChI=1S/C25H28N4O6/c1-15-5-7-17(8-6-15)21(30)26-19-11-9-16(10-12-19)20(27-35)13-18(22(31)32)14-29-23(33)25(2,3)28(4)24(29)34/h5-12,18,35H,13-14H2,1-4H3,(H,26,30)(H,31,32). The van der Waals surface area contributed by atoms with Gasteiger partial charge in [0, 0.05) is 31.3 Å². The largest absolute Gasteiger partial charge is 0.481 e. The van der Waals surface area contributed by atoms with E-state index in [1.807, 2.05) is 19.1 Å². The van der Waals surface area contributed by atoms with E-state index in [4.69, 9.17) is 0 Å². The van der Waals surface area contributed by atoms with Gasteiger partial charge in [-0.15, -0.1) is 0 Å². The monoisotopic (exact) mass is 480 g/mol. The number of carbonyl (C=O) groups excluding carboxylic acids is 3. The maximum Gasteiger partial charge on any atom is 0.327 e. The smallest absolute Gasteiger partial charge is 0.327 e. The molecule has 35 heavy (non-hydrogen) atoms. The average Bonchev–Trinajstić information content (AvgIpc) is 2.97. The number of benzene rings is 2. The number of carboxylic acids is 1. The number of likely N-dealkylation sites (N-methyl/N-ethyl adjacent to an activating group) is 1. The highest BCUT2D eigenvalue weighted by Crippen LogP contribution is 2.27. The topological polar surface area (TPSA) is 140 Å². The molecule has 3 rings (SSSR count). The molecule has 4 amide bonds. The second-order valence-electron chi connectivity index (χ2n) is 9.00. The van der Waals surface area contributed by atoms with Crippen LogP contribution in [0.5, 0.6) is 0 Å². The number of hydrogen-bond acceptors (Lipinski definition) is 6. The zero-order valence-corrected chi connectivity index (χ0v) is 20.0. The number of carbonyl (C=O) groups is 4. The fourth-order valence-electron chi connectivity index (χ4n) is 3.70. The second kappa shape index (κ2) is 9.96. The van der Waals surface area contributed by atoms with Gasteiger partial charge in [0.05, 0.1) is 11.6 Å². The van der Waals surface area contributed by atoms with E-state index in [1.54, 1.807) is 50.2 Å². The van der Waals surface area contributed by atoms with Gasteiger partial charge in [-0.2, -0.15) is 0 Å². The molecule has 0 saturated carbocycles. The summed E-state index contributed by atoms with van der Waals surface area (Å²) >= 11 is 0. The third kappa shape index (κ3) is 5.32. The van der Waals surface area contributed by atoms with E-state index in [0.717, 1.165) is 10.5 Å². The molecule has 0 spiro atoms. The van der Waals surface area contributed by atoms with Crippen LogP contribution in [0.15, 0.2) is 53.7 Å². The number of oxime groups is 1. The number of carboxylic acid groups (broad SMARTS) is 1. The summed E-state index contributed by atoms with van der Waals surface area (Å²) in [5.74, 6) is -3.20. The lowest BCUT2D eigenvalue weighted by atomic mass is 9.96. The highest BCUT2D eigenvalue weighted by Gasteiger charge is 2.50. The van der Waals surface area contributed by atoms with Gasteiger partial charge in [-0.25, -0.2) is 4.79 Å². The van der Waals surface area contributed by atoms with Crippen molar-refractivity contribution in [2.75, 3.05) is 18.9 Å². The van der Waals surface area contributed by atoms with Crippen LogP contribution in [0.1, 0.15) is 41.8 Å². The number of nitrogens with one attached hydrogen (secondary N) is 1. The zero-order chi connectivity index (χ0) is 25.9. The van der Waals surface area contributed by atoms with Crippen molar-refractivity contribution in [1.82, 2.24) is 9.80 Å². The lowest BCUT2D eigenvalue weighted by Gasteiger charge is -2.22. The number of imide groups is 1. The van der Waals surface area contributed by atoms with Crippen LogP contribution >= 0.6 is 0 Å². The first-order chi connectivity index (χ1) is 16.4. The van der Waals surface area contributed by atoms with Gasteiger partial charge in [-0.3, -0.25) is 19.3 Å². The van der Waals surface area contributed by atoms with E-state index in [2.05, 4.69) is 10.5 Å². The Balaban J connectivity index is 1.71. The van der Waals surface area contributed by atoms with Crippen molar-refractivity contribution in [3.05, 3.63) is 65.2 Å². The second-order valence-corrected chi connectivity index (χ2v) is 9.00. The van der Waals surface area contributed by atoms with Crippen molar-refractivity contribution >= 4 is 35.2 Å². The minimum atomic E-state index is -1.24. The highest BCUT2D eigenvalue weighted by atomic mass is 16.4. The summed E-state index contributed by atoms with van der Waals surface area (Å²) < 4.78 is 0. The molecule has 0 aromatic heterocycles. The van der Waals surface area contributed by atoms with Crippen LogP contribution in [-0.4, -0.2) is 68.8 Å². The molecule has 1 fully saturated rings. The third-order valence-electron chi connectivity index (χ3n) is 6.23. The molecule has 10 nitrogen and oxygen atoms in total. The molecule has 1 saturated heterocycles. The first-order valence-electron chi connectivity index (χ1n) is 11.0. The Bertz CT molecular complexity index is 1170. The quantitative estimate of drug-likeness (QED) is 0.229. The van der Waals surface area contributed by atoms with Crippen LogP contribution in [0.3, 0.4) is 0 Å². The molecule has 0 radical (unpaired) electrons. The van der Waals surface area contributed by atoms with Crippen LogP contribution in [-0.2, 0) is 9.59 Å². The summed E-state index contributed by atoms with van der Waals surface area (Å²) in [7, 11) is 1.48. The maximum atomic E-state index is 12.6. The van der Waals surface area contributed by atoms with Crippen LogP contribution in [0, 0.1) is 12.8 Å². The molecule has 0 bridgehead atoms. The zero-order valence-electron chi connectivity index (χ0n) is 20.0. The molecular weight excluding hydrogens is 452 g/mol. The number of aliphatic carboxylic acids is 1. The summed E-state index contributed by atoms with van der Waals surface area (Å²) in [6.45, 7) is 4.74. The molecule has 1 unspecified atom stereocenters. The van der Waals surface area contributed by atoms with Crippen molar-refractivity contribution < 1.29 is 29.5 Å². The van der Waals surface area contributed by atoms with E-state index < -0.39 is 29.4 Å². The SMILES string of the molecule is Cc1ccc(C(=O)Nc2ccc(C(CC(CN3C(=O)N(C)C(C)(C)C3=O)C(=O)O)=NO)cc2)cc1. The van der Waals surface area contributed by atoms with Crippen LogP contribution in [0.2, 0.25) is 0 Å². The lowest BCUT2D eigenvalue weighted by Crippen LogP contribution is -2.42. The van der Waals surface area contributed by atoms with Gasteiger partial charge in [0.15, 0.2) is 0 Å². The van der Waals surface area contributed by atoms with E-state index in [1.165, 1.54) is 11.9 Å². The van der Waals surface area contributed by atoms with Crippen molar-refractivity contribution in [1.29, 1.82) is 0 Å². The van der Waals surface area contributed by atoms with E-state index in [-0.39, 0.29) is 24.6 Å². The molecule has 10 heteroatoms. The van der Waals surface area contributed by atoms with Gasteiger partial charge in [0.2, 0.25) is 0 Å². The van der Waals surface area contributed by atoms with E-state index >= 15 is 0 Å². The minimum Gasteiger partial charge on any atom is -0.481 e. The van der Waals surface area contributed by atoms with Crippen molar-refractivity contribution in [3.63, 3.8) is 0 Å². The fourth-order valence-corrected chi connectivity index (χ4v) is 3.70. The molecule has 184 valence electrons. The Morgan fingerprint density at radius 2 is 1.60 bits per heavy atom. The van der Waals surface area contributed by atoms with Crippen molar-refractivity contribution in [2.45, 2.75) is 32.7 Å². The van der Waals surface area contributed by atoms with Crippen LogP contribution in [0.25, 0.3) is 0 Å². The summed E-state index contributed by atoms with van der Waals surface area (Å²) in [6, 6.07) is 12.9. The molecular formula is C25H28N4O6. The van der Waals surface area contributed by atoms with E-state index in [0.29, 0.717) is 16.8 Å². The lowest BCUT2D eigenvalue weighted by molar-refractivity contribution is -0.142. The summed E-state index contributed by atoms with van der Waals surface area (Å²) in [6.07, 6.45) is -0.220. The van der Waals surface area contributed by atoms with Gasteiger partial charge in [0.25, 0.3) is 11.8 Å². The van der Waals surface area contributed by atoms with Crippen LogP contribution < -0.4 is 5.32 Å². The molecule has 1 heterocycles. The molecule has 2 aromatic rings. The number of urea groups is 1. The van der Waals surface area contributed by atoms with Crippen molar-refractivity contribution in [2.24, 2.45) is 11.1 Å². The highest BCUT2D eigenvalue weighted by molar-refractivity contribution is 6.07. The summed E-state index contributed by atoms with van der Waals surface area (Å²) in [5, 5.41) is 25.3. The first-order valence-corrected chi connectivity index (χ1v) is 11.0. The van der Waals surface area contributed by atoms with Gasteiger partial charge < -0.3 is 20.5 Å². The predicted molar refractivity (Wildman–Crippen MR) is 129 cm³/mol. The Kier molecular flexibility index (Phi) is 7.23. The fraction of sp³-hybridized carbons (Fsp3) is 0.320. The number of aryl methyl sites for hydroxylation is 1. The minimum absolute atomic E-state index is 0.0699. The van der Waals surface area contributed by atoms with Crippen LogP contribution in [0.4, 0.5) is 10.5 Å². The molecule has 1 atom stereocenters.